The van der Waals surface area contributed by atoms with Crippen LogP contribution in [0.1, 0.15) is 18.6 Å². The molecule has 18 heavy (non-hydrogen) atoms. The third-order valence-electron chi connectivity index (χ3n) is 2.49. The van der Waals surface area contributed by atoms with Gasteiger partial charge in [0.05, 0.1) is 7.11 Å². The molecule has 1 amide bonds. The average Bonchev–Trinajstić information content (AvgIpc) is 2.39. The minimum absolute atomic E-state index is 0.374. The summed E-state index contributed by atoms with van der Waals surface area (Å²) >= 11 is 0. The lowest BCUT2D eigenvalue weighted by atomic mass is 10.1. The molecule has 0 aromatic heterocycles. The van der Waals surface area contributed by atoms with Crippen LogP contribution in [0.25, 0.3) is 0 Å². The Bertz CT molecular complexity index is 405. The van der Waals surface area contributed by atoms with Crippen LogP contribution in [0.4, 0.5) is 0 Å². The minimum atomic E-state index is -0.738. The highest BCUT2D eigenvalue weighted by Gasteiger charge is 2.24. The quantitative estimate of drug-likeness (QED) is 0.794. The highest BCUT2D eigenvalue weighted by molar-refractivity contribution is 5.87. The maximum Gasteiger partial charge on any atom is 0.328 e. The zero-order chi connectivity index (χ0) is 13.5. The van der Waals surface area contributed by atoms with Gasteiger partial charge in [-0.3, -0.25) is 4.79 Å². The van der Waals surface area contributed by atoms with E-state index in [0.29, 0.717) is 0 Å². The molecule has 0 radical (unpaired) electrons. The largest absolute Gasteiger partial charge is 0.467 e. The van der Waals surface area contributed by atoms with Crippen LogP contribution in [0, 0.1) is 0 Å². The van der Waals surface area contributed by atoms with E-state index in [2.05, 4.69) is 10.1 Å². The van der Waals surface area contributed by atoms with Crippen molar-refractivity contribution in [2.75, 3.05) is 14.2 Å². The van der Waals surface area contributed by atoms with Crippen molar-refractivity contribution in [3.05, 3.63) is 35.9 Å². The maximum absolute atomic E-state index is 12.0. The molecule has 1 aromatic carbocycles. The molecule has 0 spiro atoms. The van der Waals surface area contributed by atoms with E-state index < -0.39 is 18.1 Å². The summed E-state index contributed by atoms with van der Waals surface area (Å²) in [4.78, 5) is 23.2. The lowest BCUT2D eigenvalue weighted by Crippen LogP contribution is -2.42. The molecule has 0 saturated heterocycles. The predicted octanol–water partition coefficient (Wildman–Crippen LogP) is 1.05. The van der Waals surface area contributed by atoms with E-state index in [-0.39, 0.29) is 5.91 Å². The molecule has 98 valence electrons. The SMILES string of the molecule is COC(=O)[C@@H](C)NC(=O)[C@H](OC)c1ccccc1. The molecular weight excluding hydrogens is 234 g/mol. The Morgan fingerprint density at radius 2 is 1.78 bits per heavy atom. The molecule has 2 atom stereocenters. The van der Waals surface area contributed by atoms with Gasteiger partial charge in [0.2, 0.25) is 0 Å². The molecule has 5 nitrogen and oxygen atoms in total. The molecule has 0 fully saturated rings. The summed E-state index contributed by atoms with van der Waals surface area (Å²) in [7, 11) is 2.72. The van der Waals surface area contributed by atoms with Gasteiger partial charge < -0.3 is 14.8 Å². The second-order valence-corrected chi connectivity index (χ2v) is 3.78. The Labute approximate surface area is 106 Å². The molecule has 5 heteroatoms. The zero-order valence-electron chi connectivity index (χ0n) is 10.7. The number of rotatable bonds is 5. The lowest BCUT2D eigenvalue weighted by Gasteiger charge is -2.18. The number of ether oxygens (including phenoxy) is 2. The fourth-order valence-electron chi connectivity index (χ4n) is 1.55. The molecule has 0 aliphatic rings. The zero-order valence-corrected chi connectivity index (χ0v) is 10.7. The van der Waals surface area contributed by atoms with Gasteiger partial charge in [-0.05, 0) is 12.5 Å². The molecule has 1 aromatic rings. The maximum atomic E-state index is 12.0. The first-order valence-corrected chi connectivity index (χ1v) is 5.56. The van der Waals surface area contributed by atoms with Gasteiger partial charge in [0.1, 0.15) is 6.04 Å². The second-order valence-electron chi connectivity index (χ2n) is 3.78. The van der Waals surface area contributed by atoms with Crippen LogP contribution in [0.3, 0.4) is 0 Å². The Morgan fingerprint density at radius 3 is 2.28 bits per heavy atom. The Kier molecular flexibility index (Phi) is 5.32. The van der Waals surface area contributed by atoms with E-state index in [1.807, 2.05) is 18.2 Å². The van der Waals surface area contributed by atoms with Crippen LogP contribution in [0.2, 0.25) is 0 Å². The minimum Gasteiger partial charge on any atom is -0.467 e. The van der Waals surface area contributed by atoms with Crippen molar-refractivity contribution in [1.29, 1.82) is 0 Å². The third kappa shape index (κ3) is 3.56. The van der Waals surface area contributed by atoms with Crippen molar-refractivity contribution < 1.29 is 19.1 Å². The van der Waals surface area contributed by atoms with Crippen molar-refractivity contribution >= 4 is 11.9 Å². The fraction of sp³-hybridized carbons (Fsp3) is 0.385. The van der Waals surface area contributed by atoms with Crippen LogP contribution in [0.15, 0.2) is 30.3 Å². The van der Waals surface area contributed by atoms with Crippen LogP contribution in [-0.2, 0) is 19.1 Å². The van der Waals surface area contributed by atoms with Crippen molar-refractivity contribution in [3.63, 3.8) is 0 Å². The van der Waals surface area contributed by atoms with E-state index in [0.717, 1.165) is 5.56 Å². The Morgan fingerprint density at radius 1 is 1.17 bits per heavy atom. The van der Waals surface area contributed by atoms with E-state index >= 15 is 0 Å². The fourth-order valence-corrected chi connectivity index (χ4v) is 1.55. The molecule has 1 N–H and O–H groups in total. The first kappa shape index (κ1) is 14.2. The van der Waals surface area contributed by atoms with Crippen molar-refractivity contribution in [2.45, 2.75) is 19.1 Å². The number of benzene rings is 1. The number of esters is 1. The van der Waals surface area contributed by atoms with Crippen LogP contribution in [0.5, 0.6) is 0 Å². The number of nitrogens with one attached hydrogen (secondary N) is 1. The molecule has 0 bridgehead atoms. The van der Waals surface area contributed by atoms with Gasteiger partial charge in [-0.2, -0.15) is 0 Å². The molecule has 1 rings (SSSR count). The summed E-state index contributed by atoms with van der Waals surface area (Å²) < 4.78 is 9.69. The summed E-state index contributed by atoms with van der Waals surface area (Å²) in [6, 6.07) is 8.36. The van der Waals surface area contributed by atoms with Crippen molar-refractivity contribution in [2.24, 2.45) is 0 Å². The highest BCUT2D eigenvalue weighted by Crippen LogP contribution is 2.16. The van der Waals surface area contributed by atoms with Gasteiger partial charge in [0, 0.05) is 7.11 Å². The number of carbonyl (C=O) groups excluding carboxylic acids is 2. The lowest BCUT2D eigenvalue weighted by molar-refractivity contribution is -0.146. The number of hydrogen-bond donors (Lipinski definition) is 1. The topological polar surface area (TPSA) is 64.6 Å². The Balaban J connectivity index is 2.72. The van der Waals surface area contributed by atoms with E-state index in [9.17, 15) is 9.59 Å². The first-order chi connectivity index (χ1) is 8.60. The third-order valence-corrected chi connectivity index (χ3v) is 2.49. The van der Waals surface area contributed by atoms with E-state index in [1.54, 1.807) is 19.1 Å². The van der Waals surface area contributed by atoms with Crippen molar-refractivity contribution in [1.82, 2.24) is 5.32 Å². The normalized spacial score (nSPS) is 13.5. The van der Waals surface area contributed by atoms with Gasteiger partial charge in [-0.15, -0.1) is 0 Å². The average molecular weight is 251 g/mol. The molecule has 0 aliphatic carbocycles. The molecule has 0 heterocycles. The van der Waals surface area contributed by atoms with Gasteiger partial charge in [0.15, 0.2) is 6.10 Å². The number of hydrogen-bond acceptors (Lipinski definition) is 4. The molecule has 0 unspecified atom stereocenters. The predicted molar refractivity (Wildman–Crippen MR) is 65.8 cm³/mol. The Hall–Kier alpha value is -1.88. The molecule has 0 aliphatic heterocycles. The number of methoxy groups -OCH3 is 2. The van der Waals surface area contributed by atoms with E-state index in [4.69, 9.17) is 4.74 Å². The summed E-state index contributed by atoms with van der Waals surface area (Å²) in [5, 5.41) is 2.54. The van der Waals surface area contributed by atoms with E-state index in [1.165, 1.54) is 14.2 Å². The second kappa shape index (κ2) is 6.76. The number of amides is 1. The summed E-state index contributed by atoms with van der Waals surface area (Å²) in [6.45, 7) is 1.56. The van der Waals surface area contributed by atoms with Crippen LogP contribution >= 0.6 is 0 Å². The van der Waals surface area contributed by atoms with Crippen LogP contribution < -0.4 is 5.32 Å². The summed E-state index contributed by atoms with van der Waals surface area (Å²) in [6.07, 6.45) is -0.738. The van der Waals surface area contributed by atoms with Gasteiger partial charge in [-0.1, -0.05) is 30.3 Å². The molecular formula is C13H17NO4. The monoisotopic (exact) mass is 251 g/mol. The molecule has 0 saturated carbocycles. The van der Waals surface area contributed by atoms with Gasteiger partial charge >= 0.3 is 5.97 Å². The van der Waals surface area contributed by atoms with Crippen molar-refractivity contribution in [3.8, 4) is 0 Å². The summed E-state index contributed by atoms with van der Waals surface area (Å²) in [5.74, 6) is -0.868. The standard InChI is InChI=1S/C13H17NO4/c1-9(13(16)18-3)14-12(15)11(17-2)10-7-5-4-6-8-10/h4-9,11H,1-3H3,(H,14,15)/t9-,11-/m1/s1. The smallest absolute Gasteiger partial charge is 0.328 e. The summed E-state index contributed by atoms with van der Waals surface area (Å²) in [5.41, 5.74) is 0.731. The highest BCUT2D eigenvalue weighted by atomic mass is 16.5. The first-order valence-electron chi connectivity index (χ1n) is 5.56. The van der Waals surface area contributed by atoms with Gasteiger partial charge in [0.25, 0.3) is 5.91 Å². The number of carbonyl (C=O) groups is 2. The van der Waals surface area contributed by atoms with Gasteiger partial charge in [-0.25, -0.2) is 4.79 Å². The van der Waals surface area contributed by atoms with Crippen LogP contribution in [-0.4, -0.2) is 32.1 Å².